The number of rotatable bonds is 8. The summed E-state index contributed by atoms with van der Waals surface area (Å²) in [5.41, 5.74) is 0. The Morgan fingerprint density at radius 2 is 1.48 bits per heavy atom. The lowest BCUT2D eigenvalue weighted by atomic mass is 10.3. The SMILES string of the molecule is COc1ccc(S(=O)(=O)NCc2nc(N(C)C)nc(N(C)C)n2)cc1OC. The van der Waals surface area contributed by atoms with Gasteiger partial charge in [-0.05, 0) is 12.1 Å². The summed E-state index contributed by atoms with van der Waals surface area (Å²) < 4.78 is 38.0. The molecule has 27 heavy (non-hydrogen) atoms. The molecule has 0 aliphatic heterocycles. The molecule has 0 spiro atoms. The maximum absolute atomic E-state index is 12.6. The Labute approximate surface area is 159 Å². The van der Waals surface area contributed by atoms with E-state index in [0.717, 1.165) is 0 Å². The van der Waals surface area contributed by atoms with Gasteiger partial charge >= 0.3 is 0 Å². The molecule has 0 fully saturated rings. The molecule has 2 aromatic rings. The number of benzene rings is 1. The molecule has 0 aliphatic rings. The number of nitrogens with one attached hydrogen (secondary N) is 1. The van der Waals surface area contributed by atoms with Crippen molar-refractivity contribution in [3.8, 4) is 11.5 Å². The van der Waals surface area contributed by atoms with Crippen LogP contribution in [0, 0.1) is 0 Å². The third kappa shape index (κ3) is 4.95. The first-order chi connectivity index (χ1) is 12.7. The first kappa shape index (κ1) is 20.6. The molecule has 0 radical (unpaired) electrons. The van der Waals surface area contributed by atoms with Crippen molar-refractivity contribution in [1.82, 2.24) is 19.7 Å². The van der Waals surface area contributed by atoms with Crippen LogP contribution in [0.15, 0.2) is 23.1 Å². The summed E-state index contributed by atoms with van der Waals surface area (Å²) in [6.45, 7) is -0.0825. The van der Waals surface area contributed by atoms with Crippen molar-refractivity contribution in [3.63, 3.8) is 0 Å². The van der Waals surface area contributed by atoms with E-state index in [9.17, 15) is 8.42 Å². The average molecular weight is 396 g/mol. The highest BCUT2D eigenvalue weighted by molar-refractivity contribution is 7.89. The van der Waals surface area contributed by atoms with Crippen molar-refractivity contribution in [1.29, 1.82) is 0 Å². The molecule has 1 aromatic carbocycles. The minimum absolute atomic E-state index is 0.0508. The number of hydrogen-bond acceptors (Lipinski definition) is 9. The molecule has 0 unspecified atom stereocenters. The number of sulfonamides is 1. The third-order valence-electron chi connectivity index (χ3n) is 3.54. The average Bonchev–Trinajstić information content (AvgIpc) is 2.65. The fraction of sp³-hybridized carbons (Fsp3) is 0.438. The van der Waals surface area contributed by atoms with E-state index in [-0.39, 0.29) is 11.4 Å². The van der Waals surface area contributed by atoms with Gasteiger partial charge in [0, 0.05) is 34.3 Å². The standard InChI is InChI=1S/C16H24N6O4S/c1-21(2)15-18-14(19-16(20-15)22(3)4)10-17-27(23,24)11-7-8-12(25-5)13(9-11)26-6/h7-9,17H,10H2,1-6H3. The number of ether oxygens (including phenoxy) is 2. The molecule has 2 rings (SSSR count). The van der Waals surface area contributed by atoms with Crippen LogP contribution in [-0.2, 0) is 16.6 Å². The van der Waals surface area contributed by atoms with Crippen LogP contribution in [-0.4, -0.2) is 65.8 Å². The Kier molecular flexibility index (Phi) is 6.39. The molecule has 0 aliphatic carbocycles. The molecule has 10 nitrogen and oxygen atoms in total. The van der Waals surface area contributed by atoms with Crippen LogP contribution < -0.4 is 24.0 Å². The van der Waals surface area contributed by atoms with Gasteiger partial charge in [-0.25, -0.2) is 13.1 Å². The highest BCUT2D eigenvalue weighted by atomic mass is 32.2. The molecule has 0 amide bonds. The predicted molar refractivity (Wildman–Crippen MR) is 102 cm³/mol. The first-order valence-electron chi connectivity index (χ1n) is 7.99. The quantitative estimate of drug-likeness (QED) is 0.682. The molecule has 0 bridgehead atoms. The van der Waals surface area contributed by atoms with Gasteiger partial charge in [0.1, 0.15) is 0 Å². The monoisotopic (exact) mass is 396 g/mol. The van der Waals surface area contributed by atoms with Crippen molar-refractivity contribution < 1.29 is 17.9 Å². The second kappa shape index (κ2) is 8.35. The summed E-state index contributed by atoms with van der Waals surface area (Å²) in [6.07, 6.45) is 0. The second-order valence-electron chi connectivity index (χ2n) is 5.98. The summed E-state index contributed by atoms with van der Waals surface area (Å²) in [7, 11) is 6.32. The van der Waals surface area contributed by atoms with Gasteiger partial charge in [-0.1, -0.05) is 0 Å². The van der Waals surface area contributed by atoms with Crippen molar-refractivity contribution >= 4 is 21.9 Å². The van der Waals surface area contributed by atoms with E-state index in [1.807, 2.05) is 0 Å². The Morgan fingerprint density at radius 3 is 1.96 bits per heavy atom. The smallest absolute Gasteiger partial charge is 0.241 e. The van der Waals surface area contributed by atoms with Crippen molar-refractivity contribution in [3.05, 3.63) is 24.0 Å². The number of aromatic nitrogens is 3. The van der Waals surface area contributed by atoms with Gasteiger partial charge in [0.2, 0.25) is 21.9 Å². The molecule has 1 N–H and O–H groups in total. The Balaban J connectivity index is 2.27. The van der Waals surface area contributed by atoms with Crippen LogP contribution in [0.3, 0.4) is 0 Å². The van der Waals surface area contributed by atoms with Gasteiger partial charge < -0.3 is 19.3 Å². The molecular weight excluding hydrogens is 372 g/mol. The zero-order chi connectivity index (χ0) is 20.2. The van der Waals surface area contributed by atoms with Gasteiger partial charge in [0.25, 0.3) is 0 Å². The lowest BCUT2D eigenvalue weighted by Gasteiger charge is -2.16. The van der Waals surface area contributed by atoms with Crippen LogP contribution in [0.1, 0.15) is 5.82 Å². The van der Waals surface area contributed by atoms with Crippen molar-refractivity contribution in [2.75, 3.05) is 52.2 Å². The second-order valence-corrected chi connectivity index (χ2v) is 7.75. The molecule has 0 saturated heterocycles. The molecular formula is C16H24N6O4S. The normalized spacial score (nSPS) is 11.2. The summed E-state index contributed by atoms with van der Waals surface area (Å²) in [6, 6.07) is 4.36. The van der Waals surface area contributed by atoms with E-state index in [4.69, 9.17) is 9.47 Å². The van der Waals surface area contributed by atoms with Gasteiger partial charge in [0.15, 0.2) is 17.3 Å². The molecule has 0 atom stereocenters. The maximum Gasteiger partial charge on any atom is 0.241 e. The van der Waals surface area contributed by atoms with E-state index < -0.39 is 10.0 Å². The van der Waals surface area contributed by atoms with Crippen LogP contribution in [0.25, 0.3) is 0 Å². The van der Waals surface area contributed by atoms with Crippen LogP contribution in [0.4, 0.5) is 11.9 Å². The van der Waals surface area contributed by atoms with Crippen LogP contribution in [0.2, 0.25) is 0 Å². The Bertz CT molecular complexity index is 876. The van der Waals surface area contributed by atoms with E-state index in [2.05, 4.69) is 19.7 Å². The molecule has 1 aromatic heterocycles. The van der Waals surface area contributed by atoms with Crippen molar-refractivity contribution in [2.24, 2.45) is 0 Å². The molecule has 1 heterocycles. The lowest BCUT2D eigenvalue weighted by Crippen LogP contribution is -2.26. The Morgan fingerprint density at radius 1 is 0.926 bits per heavy atom. The Hall–Kier alpha value is -2.66. The molecule has 11 heteroatoms. The summed E-state index contributed by atoms with van der Waals surface area (Å²) in [5.74, 6) is 1.95. The summed E-state index contributed by atoms with van der Waals surface area (Å²) in [4.78, 5) is 16.4. The van der Waals surface area contributed by atoms with Gasteiger partial charge in [-0.2, -0.15) is 15.0 Å². The maximum atomic E-state index is 12.6. The van der Waals surface area contributed by atoms with E-state index in [1.165, 1.54) is 32.4 Å². The van der Waals surface area contributed by atoms with E-state index >= 15 is 0 Å². The minimum Gasteiger partial charge on any atom is -0.493 e. The summed E-state index contributed by atoms with van der Waals surface area (Å²) >= 11 is 0. The third-order valence-corrected chi connectivity index (χ3v) is 4.94. The first-order valence-corrected chi connectivity index (χ1v) is 9.47. The topological polar surface area (TPSA) is 110 Å². The minimum atomic E-state index is -3.80. The molecule has 148 valence electrons. The lowest BCUT2D eigenvalue weighted by molar-refractivity contribution is 0.354. The number of nitrogens with zero attached hydrogens (tertiary/aromatic N) is 5. The van der Waals surface area contributed by atoms with Gasteiger partial charge in [-0.3, -0.25) is 0 Å². The zero-order valence-corrected chi connectivity index (χ0v) is 17.0. The van der Waals surface area contributed by atoms with E-state index in [1.54, 1.807) is 38.0 Å². The van der Waals surface area contributed by atoms with Crippen LogP contribution in [0.5, 0.6) is 11.5 Å². The molecule has 0 saturated carbocycles. The van der Waals surface area contributed by atoms with Crippen LogP contribution >= 0.6 is 0 Å². The highest BCUT2D eigenvalue weighted by Gasteiger charge is 2.18. The number of hydrogen-bond donors (Lipinski definition) is 1. The van der Waals surface area contributed by atoms with E-state index in [0.29, 0.717) is 29.2 Å². The van der Waals surface area contributed by atoms with Gasteiger partial charge in [0.05, 0.1) is 25.7 Å². The zero-order valence-electron chi connectivity index (χ0n) is 16.2. The number of anilines is 2. The predicted octanol–water partition coefficient (Wildman–Crippen LogP) is 0.499. The fourth-order valence-electron chi connectivity index (χ4n) is 2.10. The van der Waals surface area contributed by atoms with Gasteiger partial charge in [-0.15, -0.1) is 0 Å². The highest BCUT2D eigenvalue weighted by Crippen LogP contribution is 2.29. The fourth-order valence-corrected chi connectivity index (χ4v) is 3.10. The summed E-state index contributed by atoms with van der Waals surface area (Å²) in [5, 5.41) is 0. The number of methoxy groups -OCH3 is 2. The largest absolute Gasteiger partial charge is 0.493 e. The van der Waals surface area contributed by atoms with Crippen molar-refractivity contribution in [2.45, 2.75) is 11.4 Å².